The van der Waals surface area contributed by atoms with Gasteiger partial charge in [-0.1, -0.05) is 12.2 Å². The summed E-state index contributed by atoms with van der Waals surface area (Å²) in [6.07, 6.45) is 9.13. The van der Waals surface area contributed by atoms with Crippen LogP contribution in [0.1, 0.15) is 32.1 Å². The van der Waals surface area contributed by atoms with Gasteiger partial charge in [-0.2, -0.15) is 17.0 Å². The maximum absolute atomic E-state index is 12.5. The molecule has 2 bridgehead atoms. The summed E-state index contributed by atoms with van der Waals surface area (Å²) in [5.41, 5.74) is 0. The second-order valence-corrected chi connectivity index (χ2v) is 6.74. The van der Waals surface area contributed by atoms with E-state index in [9.17, 15) is 8.42 Å². The molecular weight excluding hydrogens is 224 g/mol. The van der Waals surface area contributed by atoms with Gasteiger partial charge in [-0.15, -0.1) is 0 Å². The first kappa shape index (κ1) is 10.7. The van der Waals surface area contributed by atoms with Crippen LogP contribution < -0.4 is 0 Å². The Balaban J connectivity index is 1.89. The zero-order valence-electron chi connectivity index (χ0n) is 9.38. The molecule has 3 rings (SSSR count). The predicted octanol–water partition coefficient (Wildman–Crippen LogP) is 1.12. The molecule has 3 aliphatic rings. The number of fused-ring (bicyclic) bond motifs is 2. The van der Waals surface area contributed by atoms with Gasteiger partial charge < -0.3 is 0 Å². The number of hydrogen-bond donors (Lipinski definition) is 0. The third kappa shape index (κ3) is 1.53. The van der Waals surface area contributed by atoms with Gasteiger partial charge >= 0.3 is 0 Å². The summed E-state index contributed by atoms with van der Waals surface area (Å²) in [5, 5.41) is 0. The van der Waals surface area contributed by atoms with Crippen LogP contribution in [0.2, 0.25) is 0 Å². The fourth-order valence-corrected chi connectivity index (χ4v) is 5.17. The standard InChI is InChI=1S/C11H18N2O2S/c14-16(15,12-8-1-2-9-12)13-10-4-3-5-11(13)7-6-10/h3-4,10-11H,1-2,5-9H2. The van der Waals surface area contributed by atoms with E-state index in [2.05, 4.69) is 12.2 Å². The third-order valence-electron chi connectivity index (χ3n) is 3.91. The molecule has 3 heterocycles. The van der Waals surface area contributed by atoms with Gasteiger partial charge in [0.25, 0.3) is 10.2 Å². The molecule has 0 N–H and O–H groups in total. The Hall–Kier alpha value is -0.390. The molecule has 2 unspecified atom stereocenters. The molecule has 0 saturated carbocycles. The fraction of sp³-hybridized carbons (Fsp3) is 0.818. The van der Waals surface area contributed by atoms with E-state index < -0.39 is 10.2 Å². The quantitative estimate of drug-likeness (QED) is 0.681. The van der Waals surface area contributed by atoms with Crippen molar-refractivity contribution in [1.29, 1.82) is 0 Å². The molecule has 0 spiro atoms. The Morgan fingerprint density at radius 2 is 1.88 bits per heavy atom. The average Bonchev–Trinajstić information content (AvgIpc) is 2.86. The number of hydrogen-bond acceptors (Lipinski definition) is 2. The normalized spacial score (nSPS) is 36.0. The lowest BCUT2D eigenvalue weighted by Gasteiger charge is -2.33. The summed E-state index contributed by atoms with van der Waals surface area (Å²) < 4.78 is 28.4. The summed E-state index contributed by atoms with van der Waals surface area (Å²) in [6, 6.07) is 0.352. The first-order valence-corrected chi connectivity index (χ1v) is 7.54. The van der Waals surface area contributed by atoms with E-state index >= 15 is 0 Å². The molecular formula is C11H18N2O2S. The Morgan fingerprint density at radius 1 is 1.12 bits per heavy atom. The Bertz CT molecular complexity index is 398. The van der Waals surface area contributed by atoms with Crippen molar-refractivity contribution in [3.8, 4) is 0 Å². The van der Waals surface area contributed by atoms with Gasteiger partial charge in [0.15, 0.2) is 0 Å². The van der Waals surface area contributed by atoms with Crippen LogP contribution >= 0.6 is 0 Å². The minimum atomic E-state index is -3.18. The van der Waals surface area contributed by atoms with Crippen molar-refractivity contribution in [2.75, 3.05) is 13.1 Å². The number of nitrogens with zero attached hydrogens (tertiary/aromatic N) is 2. The maximum Gasteiger partial charge on any atom is 0.282 e. The molecule has 90 valence electrons. The lowest BCUT2D eigenvalue weighted by atomic mass is 10.2. The van der Waals surface area contributed by atoms with E-state index in [1.807, 2.05) is 0 Å². The summed E-state index contributed by atoms with van der Waals surface area (Å²) >= 11 is 0. The largest absolute Gasteiger partial charge is 0.282 e. The minimum absolute atomic E-state index is 0.129. The van der Waals surface area contributed by atoms with E-state index in [0.717, 1.165) is 32.1 Å². The summed E-state index contributed by atoms with van der Waals surface area (Å²) in [4.78, 5) is 0. The van der Waals surface area contributed by atoms with Crippen LogP contribution in [0.3, 0.4) is 0 Å². The molecule has 2 fully saturated rings. The second-order valence-electron chi connectivity index (χ2n) is 4.91. The van der Waals surface area contributed by atoms with Crippen molar-refractivity contribution in [3.63, 3.8) is 0 Å². The molecule has 0 amide bonds. The highest BCUT2D eigenvalue weighted by Gasteiger charge is 2.44. The number of rotatable bonds is 2. The summed E-state index contributed by atoms with van der Waals surface area (Å²) in [7, 11) is -3.18. The highest BCUT2D eigenvalue weighted by Crippen LogP contribution is 2.35. The lowest BCUT2D eigenvalue weighted by molar-refractivity contribution is 0.308. The van der Waals surface area contributed by atoms with E-state index in [1.165, 1.54) is 0 Å². The molecule has 0 aromatic carbocycles. The highest BCUT2D eigenvalue weighted by atomic mass is 32.2. The van der Waals surface area contributed by atoms with Gasteiger partial charge in [-0.3, -0.25) is 0 Å². The molecule has 0 aromatic heterocycles. The van der Waals surface area contributed by atoms with Crippen LogP contribution in [0.15, 0.2) is 12.2 Å². The summed E-state index contributed by atoms with van der Waals surface area (Å²) in [6.45, 7) is 1.42. The van der Waals surface area contributed by atoms with Crippen LogP contribution in [0.4, 0.5) is 0 Å². The molecule has 5 heteroatoms. The van der Waals surface area contributed by atoms with Gasteiger partial charge in [-0.25, -0.2) is 0 Å². The first-order valence-electron chi connectivity index (χ1n) is 6.15. The van der Waals surface area contributed by atoms with Gasteiger partial charge in [0.05, 0.1) is 0 Å². The Morgan fingerprint density at radius 3 is 2.56 bits per heavy atom. The molecule has 0 radical (unpaired) electrons. The monoisotopic (exact) mass is 242 g/mol. The van der Waals surface area contributed by atoms with Crippen molar-refractivity contribution < 1.29 is 8.42 Å². The molecule has 16 heavy (non-hydrogen) atoms. The van der Waals surface area contributed by atoms with Crippen LogP contribution in [0.5, 0.6) is 0 Å². The smallest absolute Gasteiger partial charge is 0.195 e. The molecule has 0 aromatic rings. The van der Waals surface area contributed by atoms with Crippen molar-refractivity contribution in [2.24, 2.45) is 0 Å². The van der Waals surface area contributed by atoms with Crippen molar-refractivity contribution >= 4 is 10.2 Å². The van der Waals surface area contributed by atoms with Crippen LogP contribution in [0.25, 0.3) is 0 Å². The lowest BCUT2D eigenvalue weighted by Crippen LogP contribution is -2.49. The summed E-state index contributed by atoms with van der Waals surface area (Å²) in [5.74, 6) is 0. The van der Waals surface area contributed by atoms with Gasteiger partial charge in [0.1, 0.15) is 0 Å². The van der Waals surface area contributed by atoms with E-state index in [-0.39, 0.29) is 12.1 Å². The SMILES string of the molecule is O=S(=O)(N1CCCC1)N1C2C=CCC1CC2. The van der Waals surface area contributed by atoms with Crippen molar-refractivity contribution in [2.45, 2.75) is 44.2 Å². The molecule has 3 aliphatic heterocycles. The maximum atomic E-state index is 12.5. The molecule has 2 saturated heterocycles. The second kappa shape index (κ2) is 3.82. The zero-order chi connectivity index (χ0) is 11.2. The van der Waals surface area contributed by atoms with Gasteiger partial charge in [0.2, 0.25) is 0 Å². The van der Waals surface area contributed by atoms with Crippen molar-refractivity contribution in [3.05, 3.63) is 12.2 Å². The topological polar surface area (TPSA) is 40.6 Å². The Labute approximate surface area is 97.1 Å². The highest BCUT2D eigenvalue weighted by molar-refractivity contribution is 7.86. The third-order valence-corrected chi connectivity index (χ3v) is 6.03. The van der Waals surface area contributed by atoms with E-state index in [0.29, 0.717) is 13.1 Å². The average molecular weight is 242 g/mol. The van der Waals surface area contributed by atoms with E-state index in [1.54, 1.807) is 8.61 Å². The fourth-order valence-electron chi connectivity index (χ4n) is 3.10. The van der Waals surface area contributed by atoms with Crippen molar-refractivity contribution in [1.82, 2.24) is 8.61 Å². The minimum Gasteiger partial charge on any atom is -0.195 e. The van der Waals surface area contributed by atoms with E-state index in [4.69, 9.17) is 0 Å². The van der Waals surface area contributed by atoms with Gasteiger partial charge in [-0.05, 0) is 32.1 Å². The molecule has 4 nitrogen and oxygen atoms in total. The first-order chi connectivity index (χ1) is 7.69. The molecule has 2 atom stereocenters. The van der Waals surface area contributed by atoms with Gasteiger partial charge in [0, 0.05) is 25.2 Å². The van der Waals surface area contributed by atoms with Crippen LogP contribution in [-0.4, -0.2) is 42.2 Å². The molecule has 0 aliphatic carbocycles. The van der Waals surface area contributed by atoms with Crippen LogP contribution in [0, 0.1) is 0 Å². The predicted molar refractivity (Wildman–Crippen MR) is 62.1 cm³/mol. The van der Waals surface area contributed by atoms with Crippen LogP contribution in [-0.2, 0) is 10.2 Å². The Kier molecular flexibility index (Phi) is 2.57. The zero-order valence-corrected chi connectivity index (χ0v) is 10.2.